The first-order valence-electron chi connectivity index (χ1n) is 5.33. The molecule has 0 aromatic heterocycles. The summed E-state index contributed by atoms with van der Waals surface area (Å²) in [5, 5.41) is 20.6. The number of rotatable bonds is 4. The molecule has 0 unspecified atom stereocenters. The Morgan fingerprint density at radius 2 is 1.89 bits per heavy atom. The third-order valence-corrected chi connectivity index (χ3v) is 2.61. The predicted octanol–water partition coefficient (Wildman–Crippen LogP) is 1.28. The van der Waals surface area contributed by atoms with Crippen molar-refractivity contribution in [2.75, 3.05) is 11.9 Å². The third kappa shape index (κ3) is 3.02. The van der Waals surface area contributed by atoms with Gasteiger partial charge in [0.15, 0.2) is 0 Å². The summed E-state index contributed by atoms with van der Waals surface area (Å²) in [6, 6.07) is 3.14. The van der Waals surface area contributed by atoms with E-state index in [0.717, 1.165) is 18.2 Å². The van der Waals surface area contributed by atoms with Crippen LogP contribution in [0, 0.1) is 17.0 Å². The molecular formula is C12H15F2NO3. The number of carbonyl (C=O) groups excluding carboxylic acids is 1. The third-order valence-electron chi connectivity index (χ3n) is 2.61. The number of halogens is 2. The quantitative estimate of drug-likeness (QED) is 0.763. The number of aliphatic hydroxyl groups is 2. The minimum absolute atomic E-state index is 0.443. The number of para-hydroxylation sites is 1. The van der Waals surface area contributed by atoms with Gasteiger partial charge in [-0.3, -0.25) is 4.79 Å². The molecule has 6 heteroatoms. The minimum Gasteiger partial charge on any atom is -0.396 e. The zero-order valence-electron chi connectivity index (χ0n) is 10.1. The molecule has 0 fully saturated rings. The van der Waals surface area contributed by atoms with Crippen molar-refractivity contribution in [3.63, 3.8) is 0 Å². The molecule has 0 heterocycles. The van der Waals surface area contributed by atoms with E-state index in [1.54, 1.807) is 0 Å². The number of anilines is 1. The molecule has 0 spiro atoms. The van der Waals surface area contributed by atoms with Gasteiger partial charge in [0.2, 0.25) is 0 Å². The number of carbonyl (C=O) groups is 1. The molecule has 4 nitrogen and oxygen atoms in total. The van der Waals surface area contributed by atoms with Crippen LogP contribution in [-0.2, 0) is 4.79 Å². The highest BCUT2D eigenvalue weighted by molar-refractivity contribution is 5.94. The monoisotopic (exact) mass is 259 g/mol. The maximum atomic E-state index is 13.3. The SMILES string of the molecule is CC(C)(CO)[C@@H](O)C(=O)Nc1c(F)cccc1F. The lowest BCUT2D eigenvalue weighted by Crippen LogP contribution is -2.42. The maximum Gasteiger partial charge on any atom is 0.254 e. The highest BCUT2D eigenvalue weighted by atomic mass is 19.1. The lowest BCUT2D eigenvalue weighted by molar-refractivity contribution is -0.131. The fourth-order valence-electron chi connectivity index (χ4n) is 1.25. The Labute approximate surface area is 103 Å². The Morgan fingerprint density at radius 1 is 1.39 bits per heavy atom. The first-order chi connectivity index (χ1) is 8.29. The van der Waals surface area contributed by atoms with Gasteiger partial charge in [0, 0.05) is 5.41 Å². The van der Waals surface area contributed by atoms with Crippen LogP contribution in [0.15, 0.2) is 18.2 Å². The normalized spacial score (nSPS) is 13.2. The maximum absolute atomic E-state index is 13.3. The summed E-state index contributed by atoms with van der Waals surface area (Å²) in [4.78, 5) is 11.6. The number of aliphatic hydroxyl groups excluding tert-OH is 2. The topological polar surface area (TPSA) is 69.6 Å². The van der Waals surface area contributed by atoms with Crippen LogP contribution in [0.4, 0.5) is 14.5 Å². The van der Waals surface area contributed by atoms with Gasteiger partial charge in [0.05, 0.1) is 6.61 Å². The summed E-state index contributed by atoms with van der Waals surface area (Å²) in [5.74, 6) is -2.84. The fraction of sp³-hybridized carbons (Fsp3) is 0.417. The molecule has 1 atom stereocenters. The van der Waals surface area contributed by atoms with Crippen LogP contribution in [0.2, 0.25) is 0 Å². The molecule has 3 N–H and O–H groups in total. The molecule has 1 aromatic rings. The molecule has 0 aliphatic rings. The second-order valence-corrected chi connectivity index (χ2v) is 4.64. The van der Waals surface area contributed by atoms with Gasteiger partial charge in [0.1, 0.15) is 23.4 Å². The van der Waals surface area contributed by atoms with Crippen LogP contribution >= 0.6 is 0 Å². The number of benzene rings is 1. The highest BCUT2D eigenvalue weighted by Crippen LogP contribution is 2.23. The molecule has 1 rings (SSSR count). The van der Waals surface area contributed by atoms with Crippen molar-refractivity contribution in [1.82, 2.24) is 0 Å². The highest BCUT2D eigenvalue weighted by Gasteiger charge is 2.33. The largest absolute Gasteiger partial charge is 0.396 e. The Kier molecular flexibility index (Phi) is 4.37. The van der Waals surface area contributed by atoms with E-state index in [1.165, 1.54) is 13.8 Å². The van der Waals surface area contributed by atoms with Crippen molar-refractivity contribution < 1.29 is 23.8 Å². The standard InChI is InChI=1S/C12H15F2NO3/c1-12(2,6-16)10(17)11(18)15-9-7(13)4-3-5-8(9)14/h3-5,10,16-17H,6H2,1-2H3,(H,15,18)/t10-/m0/s1. The van der Waals surface area contributed by atoms with Gasteiger partial charge >= 0.3 is 0 Å². The molecule has 1 aromatic carbocycles. The van der Waals surface area contributed by atoms with E-state index >= 15 is 0 Å². The zero-order chi connectivity index (χ0) is 13.9. The Balaban J connectivity index is 2.89. The Morgan fingerprint density at radius 3 is 2.33 bits per heavy atom. The van der Waals surface area contributed by atoms with Gasteiger partial charge in [-0.25, -0.2) is 8.78 Å². The van der Waals surface area contributed by atoms with Crippen molar-refractivity contribution in [2.24, 2.45) is 5.41 Å². The molecule has 0 saturated heterocycles. The molecule has 18 heavy (non-hydrogen) atoms. The summed E-state index contributed by atoms with van der Waals surface area (Å²) in [7, 11) is 0. The first-order valence-corrected chi connectivity index (χ1v) is 5.33. The zero-order valence-corrected chi connectivity index (χ0v) is 10.1. The van der Waals surface area contributed by atoms with Gasteiger partial charge in [-0.1, -0.05) is 19.9 Å². The van der Waals surface area contributed by atoms with Gasteiger partial charge in [0.25, 0.3) is 5.91 Å². The molecule has 100 valence electrons. The van der Waals surface area contributed by atoms with E-state index in [9.17, 15) is 18.7 Å². The Bertz CT molecular complexity index is 429. The van der Waals surface area contributed by atoms with Gasteiger partial charge in [-0.15, -0.1) is 0 Å². The summed E-state index contributed by atoms with van der Waals surface area (Å²) in [5.41, 5.74) is -1.72. The van der Waals surface area contributed by atoms with Crippen molar-refractivity contribution >= 4 is 11.6 Å². The lowest BCUT2D eigenvalue weighted by Gasteiger charge is -2.27. The summed E-state index contributed by atoms with van der Waals surface area (Å²) in [6.07, 6.45) is -1.58. The van der Waals surface area contributed by atoms with E-state index in [-0.39, 0.29) is 0 Å². The van der Waals surface area contributed by atoms with Crippen LogP contribution in [0.25, 0.3) is 0 Å². The van der Waals surface area contributed by atoms with E-state index in [4.69, 9.17) is 5.11 Å². The van der Waals surface area contributed by atoms with Crippen molar-refractivity contribution in [2.45, 2.75) is 20.0 Å². The molecule has 0 aliphatic carbocycles. The lowest BCUT2D eigenvalue weighted by atomic mass is 9.87. The molecule has 1 amide bonds. The van der Waals surface area contributed by atoms with Crippen molar-refractivity contribution in [3.8, 4) is 0 Å². The van der Waals surface area contributed by atoms with Crippen molar-refractivity contribution in [1.29, 1.82) is 0 Å². The van der Waals surface area contributed by atoms with E-state index in [1.807, 2.05) is 5.32 Å². The molecule has 0 radical (unpaired) electrons. The second kappa shape index (κ2) is 5.41. The first kappa shape index (κ1) is 14.5. The van der Waals surface area contributed by atoms with E-state index in [2.05, 4.69) is 0 Å². The average Bonchev–Trinajstić information content (AvgIpc) is 2.32. The predicted molar refractivity (Wildman–Crippen MR) is 61.9 cm³/mol. The summed E-state index contributed by atoms with van der Waals surface area (Å²) in [6.45, 7) is 2.46. The minimum atomic E-state index is -1.58. The van der Waals surface area contributed by atoms with Crippen LogP contribution in [0.3, 0.4) is 0 Å². The molecule has 0 aliphatic heterocycles. The van der Waals surface area contributed by atoms with Crippen LogP contribution in [0.1, 0.15) is 13.8 Å². The van der Waals surface area contributed by atoms with Gasteiger partial charge in [-0.2, -0.15) is 0 Å². The molecule has 0 saturated carbocycles. The van der Waals surface area contributed by atoms with E-state index in [0.29, 0.717) is 0 Å². The molecule has 0 bridgehead atoms. The average molecular weight is 259 g/mol. The van der Waals surface area contributed by atoms with Crippen LogP contribution in [0.5, 0.6) is 0 Å². The number of hydrogen-bond donors (Lipinski definition) is 3. The summed E-state index contributed by atoms with van der Waals surface area (Å²) < 4.78 is 26.5. The Hall–Kier alpha value is -1.53. The summed E-state index contributed by atoms with van der Waals surface area (Å²) >= 11 is 0. The van der Waals surface area contributed by atoms with Crippen LogP contribution < -0.4 is 5.32 Å². The fourth-order valence-corrected chi connectivity index (χ4v) is 1.25. The number of amides is 1. The van der Waals surface area contributed by atoms with Gasteiger partial charge < -0.3 is 15.5 Å². The number of nitrogens with one attached hydrogen (secondary N) is 1. The van der Waals surface area contributed by atoms with E-state index < -0.39 is 41.4 Å². The molecular weight excluding hydrogens is 244 g/mol. The van der Waals surface area contributed by atoms with Crippen LogP contribution in [-0.4, -0.2) is 28.8 Å². The smallest absolute Gasteiger partial charge is 0.254 e. The van der Waals surface area contributed by atoms with Crippen molar-refractivity contribution in [3.05, 3.63) is 29.8 Å². The second-order valence-electron chi connectivity index (χ2n) is 4.64. The number of hydrogen-bond acceptors (Lipinski definition) is 3. The van der Waals surface area contributed by atoms with Gasteiger partial charge in [-0.05, 0) is 12.1 Å².